The van der Waals surface area contributed by atoms with Crippen LogP contribution in [0, 0.1) is 13.8 Å². The van der Waals surface area contributed by atoms with Crippen LogP contribution in [0.3, 0.4) is 0 Å². The third-order valence-electron chi connectivity index (χ3n) is 4.79. The van der Waals surface area contributed by atoms with E-state index < -0.39 is 0 Å². The van der Waals surface area contributed by atoms with Crippen LogP contribution in [-0.2, 0) is 0 Å². The lowest BCUT2D eigenvalue weighted by Crippen LogP contribution is -2.15. The van der Waals surface area contributed by atoms with Crippen LogP contribution in [0.4, 0.5) is 5.82 Å². The lowest BCUT2D eigenvalue weighted by atomic mass is 9.92. The zero-order chi connectivity index (χ0) is 18.8. The number of aromatic hydroxyl groups is 1. The van der Waals surface area contributed by atoms with Gasteiger partial charge in [-0.25, -0.2) is 4.98 Å². The van der Waals surface area contributed by atoms with E-state index in [0.717, 1.165) is 27.9 Å². The second-order valence-corrected chi connectivity index (χ2v) is 6.73. The van der Waals surface area contributed by atoms with E-state index in [4.69, 9.17) is 0 Å². The number of phenolic OH excluding ortho intramolecular Hbond substituents is 1. The van der Waals surface area contributed by atoms with E-state index >= 15 is 0 Å². The Morgan fingerprint density at radius 3 is 2.52 bits per heavy atom. The molecule has 4 nitrogen and oxygen atoms in total. The maximum Gasteiger partial charge on any atom is 0.147 e. The fraction of sp³-hybridized carbons (Fsp3) is 0.130. The van der Waals surface area contributed by atoms with Gasteiger partial charge in [0.15, 0.2) is 0 Å². The second-order valence-electron chi connectivity index (χ2n) is 6.73. The van der Waals surface area contributed by atoms with Crippen LogP contribution >= 0.6 is 0 Å². The molecule has 0 saturated carbocycles. The monoisotopic (exact) mass is 355 g/mol. The van der Waals surface area contributed by atoms with Gasteiger partial charge in [-0.3, -0.25) is 4.98 Å². The lowest BCUT2D eigenvalue weighted by molar-refractivity contribution is 0.471. The number of anilines is 1. The molecule has 4 aromatic rings. The first-order valence-electron chi connectivity index (χ1n) is 8.95. The van der Waals surface area contributed by atoms with Gasteiger partial charge in [-0.05, 0) is 43.2 Å². The molecule has 0 spiro atoms. The fourth-order valence-corrected chi connectivity index (χ4v) is 3.37. The van der Waals surface area contributed by atoms with Crippen molar-refractivity contribution in [2.75, 3.05) is 5.32 Å². The number of phenols is 1. The van der Waals surface area contributed by atoms with Crippen LogP contribution in [0.1, 0.15) is 28.3 Å². The predicted octanol–water partition coefficient (Wildman–Crippen LogP) is 5.15. The van der Waals surface area contributed by atoms with E-state index in [2.05, 4.69) is 47.3 Å². The van der Waals surface area contributed by atoms with Crippen molar-refractivity contribution in [3.63, 3.8) is 0 Å². The minimum atomic E-state index is -0.244. The van der Waals surface area contributed by atoms with Crippen molar-refractivity contribution in [2.45, 2.75) is 19.9 Å². The van der Waals surface area contributed by atoms with Gasteiger partial charge in [-0.15, -0.1) is 0 Å². The van der Waals surface area contributed by atoms with Crippen molar-refractivity contribution >= 4 is 16.7 Å². The molecular formula is C23H21N3O. The Morgan fingerprint density at radius 2 is 1.70 bits per heavy atom. The van der Waals surface area contributed by atoms with Crippen molar-refractivity contribution in [3.8, 4) is 5.75 Å². The maximum absolute atomic E-state index is 11.0. The molecule has 27 heavy (non-hydrogen) atoms. The van der Waals surface area contributed by atoms with E-state index in [9.17, 15) is 5.11 Å². The number of aromatic nitrogens is 2. The number of hydrogen-bond donors (Lipinski definition) is 2. The molecule has 0 aliphatic carbocycles. The molecular weight excluding hydrogens is 334 g/mol. The topological polar surface area (TPSA) is 58.0 Å². The molecule has 2 aromatic heterocycles. The normalized spacial score (nSPS) is 12.1. The number of pyridine rings is 2. The van der Waals surface area contributed by atoms with Crippen LogP contribution in [0.2, 0.25) is 0 Å². The van der Waals surface area contributed by atoms with Gasteiger partial charge in [0.25, 0.3) is 0 Å². The molecule has 0 amide bonds. The van der Waals surface area contributed by atoms with E-state index in [1.807, 2.05) is 42.5 Å². The largest absolute Gasteiger partial charge is 0.505 e. The van der Waals surface area contributed by atoms with E-state index in [0.29, 0.717) is 5.52 Å². The summed E-state index contributed by atoms with van der Waals surface area (Å²) in [6.45, 7) is 4.15. The molecule has 4 heteroatoms. The Bertz CT molecular complexity index is 1090. The molecule has 2 aromatic carbocycles. The van der Waals surface area contributed by atoms with Gasteiger partial charge in [-0.1, -0.05) is 48.0 Å². The molecule has 0 saturated heterocycles. The highest BCUT2D eigenvalue weighted by atomic mass is 16.3. The molecule has 2 heterocycles. The van der Waals surface area contributed by atoms with E-state index in [1.165, 1.54) is 5.56 Å². The Kier molecular flexibility index (Phi) is 4.47. The van der Waals surface area contributed by atoms with Gasteiger partial charge in [0.05, 0.1) is 6.04 Å². The van der Waals surface area contributed by atoms with Gasteiger partial charge < -0.3 is 10.4 Å². The SMILES string of the molecule is Cc1ccc(C)c([C@H](Nc2ccccn2)c2ccc3cccnc3c2O)c1. The van der Waals surface area contributed by atoms with Crippen molar-refractivity contribution in [2.24, 2.45) is 0 Å². The summed E-state index contributed by atoms with van der Waals surface area (Å²) in [5.74, 6) is 0.950. The zero-order valence-electron chi connectivity index (χ0n) is 15.3. The van der Waals surface area contributed by atoms with Crippen LogP contribution in [0.15, 0.2) is 73.1 Å². The number of nitrogens with zero attached hydrogens (tertiary/aromatic N) is 2. The average Bonchev–Trinajstić information content (AvgIpc) is 2.70. The van der Waals surface area contributed by atoms with Crippen LogP contribution in [-0.4, -0.2) is 15.1 Å². The zero-order valence-corrected chi connectivity index (χ0v) is 15.3. The van der Waals surface area contributed by atoms with Crippen LogP contribution in [0.5, 0.6) is 5.75 Å². The minimum Gasteiger partial charge on any atom is -0.505 e. The third kappa shape index (κ3) is 3.34. The highest BCUT2D eigenvalue weighted by Gasteiger charge is 2.22. The van der Waals surface area contributed by atoms with Crippen molar-refractivity contribution in [1.29, 1.82) is 0 Å². The van der Waals surface area contributed by atoms with E-state index in [1.54, 1.807) is 12.4 Å². The number of nitrogens with one attached hydrogen (secondary N) is 1. The number of aryl methyl sites for hydroxylation is 2. The lowest BCUT2D eigenvalue weighted by Gasteiger charge is -2.24. The van der Waals surface area contributed by atoms with Crippen molar-refractivity contribution in [3.05, 3.63) is 95.3 Å². The number of hydrogen-bond acceptors (Lipinski definition) is 4. The molecule has 1 atom stereocenters. The van der Waals surface area contributed by atoms with E-state index in [-0.39, 0.29) is 11.8 Å². The summed E-state index contributed by atoms with van der Waals surface area (Å²) in [7, 11) is 0. The molecule has 0 aliphatic heterocycles. The predicted molar refractivity (Wildman–Crippen MR) is 109 cm³/mol. The van der Waals surface area contributed by atoms with Crippen molar-refractivity contribution in [1.82, 2.24) is 9.97 Å². The highest BCUT2D eigenvalue weighted by molar-refractivity contribution is 5.86. The summed E-state index contributed by atoms with van der Waals surface area (Å²) in [5.41, 5.74) is 4.80. The summed E-state index contributed by atoms with van der Waals surface area (Å²) in [6.07, 6.45) is 3.45. The molecule has 0 radical (unpaired) electrons. The molecule has 0 bridgehead atoms. The molecule has 4 rings (SSSR count). The Labute approximate surface area is 158 Å². The average molecular weight is 355 g/mol. The van der Waals surface area contributed by atoms with Gasteiger partial charge in [0, 0.05) is 23.3 Å². The summed E-state index contributed by atoms with van der Waals surface area (Å²) in [6, 6.07) is 19.6. The Morgan fingerprint density at radius 1 is 0.852 bits per heavy atom. The highest BCUT2D eigenvalue weighted by Crippen LogP contribution is 2.37. The van der Waals surface area contributed by atoms with Gasteiger partial charge in [-0.2, -0.15) is 0 Å². The smallest absolute Gasteiger partial charge is 0.147 e. The summed E-state index contributed by atoms with van der Waals surface area (Å²) in [4.78, 5) is 8.78. The number of fused-ring (bicyclic) bond motifs is 1. The summed E-state index contributed by atoms with van der Waals surface area (Å²) in [5, 5.41) is 15.4. The fourth-order valence-electron chi connectivity index (χ4n) is 3.37. The second kappa shape index (κ2) is 7.08. The summed E-state index contributed by atoms with van der Waals surface area (Å²) >= 11 is 0. The maximum atomic E-state index is 11.0. The molecule has 2 N–H and O–H groups in total. The minimum absolute atomic E-state index is 0.197. The van der Waals surface area contributed by atoms with Crippen molar-refractivity contribution < 1.29 is 5.11 Å². The Hall–Kier alpha value is -3.40. The Balaban J connectivity index is 1.90. The van der Waals surface area contributed by atoms with Crippen LogP contribution in [0.25, 0.3) is 10.9 Å². The molecule has 0 fully saturated rings. The third-order valence-corrected chi connectivity index (χ3v) is 4.79. The molecule has 0 aliphatic rings. The molecule has 134 valence electrons. The first-order chi connectivity index (χ1) is 13.1. The molecule has 0 unspecified atom stereocenters. The standard InChI is InChI=1S/C23H21N3O/c1-15-8-9-16(2)19(14-15)22(26-20-7-3-4-12-24-20)18-11-10-17-6-5-13-25-21(17)23(18)27/h3-14,22,27H,1-2H3,(H,24,26)/t22-/m1/s1. The van der Waals surface area contributed by atoms with Gasteiger partial charge in [0.1, 0.15) is 17.1 Å². The quantitative estimate of drug-likeness (QED) is 0.531. The van der Waals surface area contributed by atoms with Crippen LogP contribution < -0.4 is 5.32 Å². The number of benzene rings is 2. The first kappa shape index (κ1) is 17.0. The summed E-state index contributed by atoms with van der Waals surface area (Å²) < 4.78 is 0. The van der Waals surface area contributed by atoms with Gasteiger partial charge in [0.2, 0.25) is 0 Å². The first-order valence-corrected chi connectivity index (χ1v) is 8.95. The van der Waals surface area contributed by atoms with Gasteiger partial charge >= 0.3 is 0 Å². The number of rotatable bonds is 4.